The normalized spacial score (nSPS) is 14.7. The van der Waals surface area contributed by atoms with Crippen LogP contribution in [0.15, 0.2) is 41.7 Å². The maximum Gasteiger partial charge on any atom is 0.194 e. The number of guanidine groups is 1. The lowest BCUT2D eigenvalue weighted by molar-refractivity contribution is 0.372. The van der Waals surface area contributed by atoms with E-state index in [1.807, 2.05) is 37.5 Å². The number of aliphatic imine (C=N–C) groups is 1. The first kappa shape index (κ1) is 23.8. The van der Waals surface area contributed by atoms with Gasteiger partial charge in [0.1, 0.15) is 5.82 Å². The van der Waals surface area contributed by atoms with Gasteiger partial charge in [0.15, 0.2) is 5.96 Å². The highest BCUT2D eigenvalue weighted by Gasteiger charge is 2.19. The van der Waals surface area contributed by atoms with Crippen LogP contribution in [0, 0.1) is 6.92 Å². The summed E-state index contributed by atoms with van der Waals surface area (Å²) in [5, 5.41) is 4.24. The number of nitrogens with one attached hydrogen (secondary N) is 1. The second-order valence-electron chi connectivity index (χ2n) is 7.06. The fourth-order valence-corrected chi connectivity index (χ4v) is 3.68. The molecule has 1 aliphatic heterocycles. The number of unbranched alkanes of at least 4 members (excludes halogenated alkanes) is 1. The second-order valence-corrected chi connectivity index (χ2v) is 7.50. The van der Waals surface area contributed by atoms with Gasteiger partial charge < -0.3 is 19.7 Å². The summed E-state index contributed by atoms with van der Waals surface area (Å²) in [5.74, 6) is 2.11. The summed E-state index contributed by atoms with van der Waals surface area (Å²) >= 11 is 6.14. The maximum absolute atomic E-state index is 6.14. The van der Waals surface area contributed by atoms with E-state index in [2.05, 4.69) is 37.7 Å². The molecule has 1 saturated heterocycles. The molecular weight excluding hydrogens is 499 g/mol. The van der Waals surface area contributed by atoms with Crippen LogP contribution in [-0.2, 0) is 6.54 Å². The third-order valence-corrected chi connectivity index (χ3v) is 5.31. The Morgan fingerprint density at radius 3 is 2.66 bits per heavy atom. The molecule has 0 radical (unpaired) electrons. The Labute approximate surface area is 196 Å². The molecule has 3 rings (SSSR count). The summed E-state index contributed by atoms with van der Waals surface area (Å²) in [7, 11) is 0. The molecule has 160 valence electrons. The van der Waals surface area contributed by atoms with E-state index in [9.17, 15) is 0 Å². The van der Waals surface area contributed by atoms with Crippen LogP contribution in [0.2, 0.25) is 5.02 Å². The van der Waals surface area contributed by atoms with Crippen molar-refractivity contribution in [2.24, 2.45) is 4.99 Å². The Balaban J connectivity index is 0.00000300. The van der Waals surface area contributed by atoms with Crippen molar-refractivity contribution in [1.82, 2.24) is 19.8 Å². The SMILES string of the molecule is CCNC(=NCCCCn1ccnc1C)N1CCN(c2cccc(Cl)c2)CC1.I. The lowest BCUT2D eigenvalue weighted by Crippen LogP contribution is -2.52. The third kappa shape index (κ3) is 7.06. The standard InChI is InChI=1S/C21H31ClN6.HI/c1-3-23-21(25-9-4-5-11-26-12-10-24-18(26)2)28-15-13-27(14-16-28)20-8-6-7-19(22)17-20;/h6-8,10,12,17H,3-5,9,11,13-16H2,1-2H3,(H,23,25);1H. The molecule has 1 aliphatic rings. The largest absolute Gasteiger partial charge is 0.368 e. The van der Waals surface area contributed by atoms with E-state index in [1.165, 1.54) is 5.69 Å². The molecule has 1 aromatic carbocycles. The quantitative estimate of drug-likeness (QED) is 0.254. The number of aryl methyl sites for hydroxylation is 2. The molecule has 0 aliphatic carbocycles. The van der Waals surface area contributed by atoms with Crippen LogP contribution in [0.5, 0.6) is 0 Å². The van der Waals surface area contributed by atoms with Gasteiger partial charge in [0.25, 0.3) is 0 Å². The van der Waals surface area contributed by atoms with Crippen molar-refractivity contribution in [2.75, 3.05) is 44.2 Å². The van der Waals surface area contributed by atoms with Gasteiger partial charge in [0.05, 0.1) is 0 Å². The number of hydrogen-bond acceptors (Lipinski definition) is 3. The maximum atomic E-state index is 6.14. The predicted molar refractivity (Wildman–Crippen MR) is 133 cm³/mol. The molecule has 1 N–H and O–H groups in total. The van der Waals surface area contributed by atoms with E-state index in [-0.39, 0.29) is 24.0 Å². The molecule has 29 heavy (non-hydrogen) atoms. The first-order valence-corrected chi connectivity index (χ1v) is 10.6. The van der Waals surface area contributed by atoms with Crippen molar-refractivity contribution in [3.8, 4) is 0 Å². The lowest BCUT2D eigenvalue weighted by Gasteiger charge is -2.37. The topological polar surface area (TPSA) is 48.7 Å². The van der Waals surface area contributed by atoms with Crippen LogP contribution in [0.3, 0.4) is 0 Å². The van der Waals surface area contributed by atoms with E-state index in [0.717, 1.165) is 75.5 Å². The van der Waals surface area contributed by atoms with Gasteiger partial charge >= 0.3 is 0 Å². The minimum atomic E-state index is 0. The Morgan fingerprint density at radius 1 is 1.21 bits per heavy atom. The van der Waals surface area contributed by atoms with Gasteiger partial charge in [0, 0.05) is 68.9 Å². The van der Waals surface area contributed by atoms with Crippen molar-refractivity contribution >= 4 is 47.2 Å². The summed E-state index contributed by atoms with van der Waals surface area (Å²) in [4.78, 5) is 13.9. The summed E-state index contributed by atoms with van der Waals surface area (Å²) in [6, 6.07) is 8.10. The predicted octanol–water partition coefficient (Wildman–Crippen LogP) is 4.03. The summed E-state index contributed by atoms with van der Waals surface area (Å²) in [6.45, 7) is 10.8. The Hall–Kier alpha value is -1.48. The minimum absolute atomic E-state index is 0. The first-order chi connectivity index (χ1) is 13.7. The van der Waals surface area contributed by atoms with E-state index >= 15 is 0 Å². The van der Waals surface area contributed by atoms with Gasteiger partial charge in [-0.05, 0) is 44.9 Å². The van der Waals surface area contributed by atoms with E-state index in [0.29, 0.717) is 0 Å². The van der Waals surface area contributed by atoms with Crippen LogP contribution in [0.1, 0.15) is 25.6 Å². The molecule has 0 atom stereocenters. The molecule has 1 fully saturated rings. The number of anilines is 1. The zero-order valence-corrected chi connectivity index (χ0v) is 20.4. The first-order valence-electron chi connectivity index (χ1n) is 10.2. The van der Waals surface area contributed by atoms with Crippen molar-refractivity contribution in [1.29, 1.82) is 0 Å². The third-order valence-electron chi connectivity index (χ3n) is 5.08. The Bertz CT molecular complexity index is 770. The fourth-order valence-electron chi connectivity index (χ4n) is 3.49. The van der Waals surface area contributed by atoms with Gasteiger partial charge in [0.2, 0.25) is 0 Å². The van der Waals surface area contributed by atoms with Crippen molar-refractivity contribution in [3.05, 3.63) is 47.5 Å². The number of aromatic nitrogens is 2. The molecule has 2 aromatic rings. The number of halogens is 2. The Morgan fingerprint density at radius 2 is 2.00 bits per heavy atom. The molecule has 1 aromatic heterocycles. The summed E-state index contributed by atoms with van der Waals surface area (Å²) in [6.07, 6.45) is 6.10. The fraction of sp³-hybridized carbons (Fsp3) is 0.524. The lowest BCUT2D eigenvalue weighted by atomic mass is 10.2. The van der Waals surface area contributed by atoms with Crippen LogP contribution in [0.4, 0.5) is 5.69 Å². The smallest absolute Gasteiger partial charge is 0.194 e. The number of nitrogens with zero attached hydrogens (tertiary/aromatic N) is 5. The molecule has 0 amide bonds. The van der Waals surface area contributed by atoms with E-state index in [1.54, 1.807) is 0 Å². The van der Waals surface area contributed by atoms with Crippen LogP contribution < -0.4 is 10.2 Å². The number of piperazine rings is 1. The van der Waals surface area contributed by atoms with Crippen molar-refractivity contribution in [3.63, 3.8) is 0 Å². The molecule has 0 bridgehead atoms. The van der Waals surface area contributed by atoms with Crippen molar-refractivity contribution < 1.29 is 0 Å². The molecule has 8 heteroatoms. The summed E-state index contributed by atoms with van der Waals surface area (Å²) < 4.78 is 2.20. The van der Waals surface area contributed by atoms with E-state index < -0.39 is 0 Å². The van der Waals surface area contributed by atoms with Gasteiger partial charge in [-0.3, -0.25) is 4.99 Å². The highest BCUT2D eigenvalue weighted by Crippen LogP contribution is 2.20. The molecule has 0 spiro atoms. The monoisotopic (exact) mass is 530 g/mol. The number of hydrogen-bond donors (Lipinski definition) is 1. The Kier molecular flexibility index (Phi) is 10.1. The average Bonchev–Trinajstić information content (AvgIpc) is 3.12. The summed E-state index contributed by atoms with van der Waals surface area (Å²) in [5.41, 5.74) is 1.20. The van der Waals surface area contributed by atoms with Crippen LogP contribution >= 0.6 is 35.6 Å². The molecule has 2 heterocycles. The van der Waals surface area contributed by atoms with Crippen LogP contribution in [0.25, 0.3) is 0 Å². The number of imidazole rings is 1. The molecule has 0 unspecified atom stereocenters. The zero-order valence-electron chi connectivity index (χ0n) is 17.4. The minimum Gasteiger partial charge on any atom is -0.368 e. The van der Waals surface area contributed by atoms with Gasteiger partial charge in [-0.25, -0.2) is 4.98 Å². The molecule has 6 nitrogen and oxygen atoms in total. The zero-order chi connectivity index (χ0) is 19.8. The highest BCUT2D eigenvalue weighted by atomic mass is 127. The van der Waals surface area contributed by atoms with Gasteiger partial charge in [-0.15, -0.1) is 24.0 Å². The number of rotatable bonds is 7. The van der Waals surface area contributed by atoms with E-state index in [4.69, 9.17) is 16.6 Å². The van der Waals surface area contributed by atoms with Gasteiger partial charge in [-0.2, -0.15) is 0 Å². The van der Waals surface area contributed by atoms with Crippen molar-refractivity contribution in [2.45, 2.75) is 33.2 Å². The highest BCUT2D eigenvalue weighted by molar-refractivity contribution is 14.0. The molecule has 0 saturated carbocycles. The second kappa shape index (κ2) is 12.3. The molecular formula is C21H32ClIN6. The van der Waals surface area contributed by atoms with Gasteiger partial charge in [-0.1, -0.05) is 17.7 Å². The average molecular weight is 531 g/mol. The number of benzene rings is 1. The van der Waals surface area contributed by atoms with Crippen LogP contribution in [-0.4, -0.2) is 59.7 Å².